The monoisotopic (exact) mass is 440 g/mol. The minimum atomic E-state index is -0.897. The van der Waals surface area contributed by atoms with Crippen LogP contribution in [0.3, 0.4) is 0 Å². The number of carbonyl (C=O) groups is 3. The van der Waals surface area contributed by atoms with Crippen LogP contribution in [0.1, 0.15) is 10.4 Å². The largest absolute Gasteiger partial charge is 0.497 e. The molecule has 0 aromatic heterocycles. The molecule has 0 radical (unpaired) electrons. The van der Waals surface area contributed by atoms with E-state index in [0.717, 1.165) is 5.69 Å². The predicted octanol–water partition coefficient (Wildman–Crippen LogP) is 2.29. The lowest BCUT2D eigenvalue weighted by molar-refractivity contribution is -0.147. The summed E-state index contributed by atoms with van der Waals surface area (Å²) >= 11 is 0. The fraction of sp³-hybridized carbons (Fsp3) is 0.348. The third kappa shape index (κ3) is 5.11. The summed E-state index contributed by atoms with van der Waals surface area (Å²) in [5, 5.41) is 2.80. The van der Waals surface area contributed by atoms with Crippen molar-refractivity contribution in [1.82, 2.24) is 9.80 Å². The van der Waals surface area contributed by atoms with Crippen molar-refractivity contribution in [3.63, 3.8) is 0 Å². The molecule has 1 heterocycles. The van der Waals surface area contributed by atoms with Gasteiger partial charge in [0.25, 0.3) is 5.91 Å². The smallest absolute Gasteiger partial charge is 0.330 e. The molecular weight excluding hydrogens is 412 g/mol. The zero-order chi connectivity index (χ0) is 23.3. The molecule has 1 N–H and O–H groups in total. The van der Waals surface area contributed by atoms with Crippen LogP contribution in [-0.4, -0.2) is 81.7 Å². The van der Waals surface area contributed by atoms with E-state index in [-0.39, 0.29) is 31.6 Å². The first kappa shape index (κ1) is 22.9. The van der Waals surface area contributed by atoms with Crippen molar-refractivity contribution < 1.29 is 23.9 Å². The molecule has 1 saturated heterocycles. The van der Waals surface area contributed by atoms with E-state index in [4.69, 9.17) is 9.47 Å². The van der Waals surface area contributed by atoms with Gasteiger partial charge in [-0.2, -0.15) is 0 Å². The minimum Gasteiger partial charge on any atom is -0.497 e. The van der Waals surface area contributed by atoms with Crippen molar-refractivity contribution in [3.8, 4) is 5.75 Å². The van der Waals surface area contributed by atoms with Gasteiger partial charge in [-0.1, -0.05) is 6.07 Å². The van der Waals surface area contributed by atoms with Gasteiger partial charge in [0.05, 0.1) is 20.8 Å². The van der Waals surface area contributed by atoms with Crippen molar-refractivity contribution in [2.24, 2.45) is 0 Å². The van der Waals surface area contributed by atoms with Gasteiger partial charge in [0, 0.05) is 50.2 Å². The lowest BCUT2D eigenvalue weighted by atomic mass is 10.1. The summed E-state index contributed by atoms with van der Waals surface area (Å²) in [6.07, 6.45) is 0. The average Bonchev–Trinajstić information content (AvgIpc) is 2.82. The van der Waals surface area contributed by atoms with Crippen molar-refractivity contribution in [2.75, 3.05) is 58.2 Å². The number of ether oxygens (including phenoxy) is 2. The molecule has 1 aliphatic rings. The van der Waals surface area contributed by atoms with E-state index < -0.39 is 12.0 Å². The fourth-order valence-corrected chi connectivity index (χ4v) is 3.52. The molecule has 9 heteroatoms. The Labute approximate surface area is 187 Å². The number of esters is 1. The number of methoxy groups -OCH3 is 2. The van der Waals surface area contributed by atoms with Gasteiger partial charge in [-0.3, -0.25) is 4.79 Å². The summed E-state index contributed by atoms with van der Waals surface area (Å²) < 4.78 is 10.1. The second kappa shape index (κ2) is 10.0. The summed E-state index contributed by atoms with van der Waals surface area (Å²) in [6.45, 7) is 0.522. The Kier molecular flexibility index (Phi) is 7.19. The maximum Gasteiger partial charge on any atom is 0.330 e. The molecule has 170 valence electrons. The summed E-state index contributed by atoms with van der Waals surface area (Å²) in [5.41, 5.74) is 2.01. The number of hydrogen-bond acceptors (Lipinski definition) is 6. The van der Waals surface area contributed by atoms with Crippen LogP contribution in [0.5, 0.6) is 5.75 Å². The molecule has 1 unspecified atom stereocenters. The molecule has 0 spiro atoms. The Morgan fingerprint density at radius 1 is 1.03 bits per heavy atom. The minimum absolute atomic E-state index is 0.0317. The third-order valence-corrected chi connectivity index (χ3v) is 5.35. The number of amides is 3. The van der Waals surface area contributed by atoms with Gasteiger partial charge in [-0.25, -0.2) is 9.59 Å². The molecule has 9 nitrogen and oxygen atoms in total. The fourth-order valence-electron chi connectivity index (χ4n) is 3.52. The van der Waals surface area contributed by atoms with E-state index in [9.17, 15) is 14.4 Å². The Hall–Kier alpha value is -3.75. The lowest BCUT2D eigenvalue weighted by Gasteiger charge is -2.39. The van der Waals surface area contributed by atoms with Gasteiger partial charge in [0.1, 0.15) is 11.8 Å². The van der Waals surface area contributed by atoms with Crippen LogP contribution in [0, 0.1) is 0 Å². The second-order valence-electron chi connectivity index (χ2n) is 7.59. The number of piperazine rings is 1. The maximum absolute atomic E-state index is 13.1. The molecule has 1 aliphatic heterocycles. The first-order chi connectivity index (χ1) is 15.3. The first-order valence-corrected chi connectivity index (χ1v) is 10.2. The molecule has 3 rings (SSSR count). The number of nitrogens with zero attached hydrogens (tertiary/aromatic N) is 3. The van der Waals surface area contributed by atoms with E-state index in [0.29, 0.717) is 17.0 Å². The van der Waals surface area contributed by atoms with Crippen molar-refractivity contribution >= 4 is 29.3 Å². The molecule has 1 fully saturated rings. The van der Waals surface area contributed by atoms with E-state index in [1.807, 2.05) is 31.1 Å². The van der Waals surface area contributed by atoms with Crippen LogP contribution >= 0.6 is 0 Å². The predicted molar refractivity (Wildman–Crippen MR) is 121 cm³/mol. The molecule has 3 amide bonds. The van der Waals surface area contributed by atoms with Crippen LogP contribution in [-0.2, 0) is 9.53 Å². The number of rotatable bonds is 5. The number of urea groups is 1. The van der Waals surface area contributed by atoms with Crippen LogP contribution < -0.4 is 15.0 Å². The SMILES string of the molecule is COC(=O)C1CN(C(=O)Nc2cccc(OC)c2)CCN1C(=O)c1ccc(N(C)C)cc1. The maximum atomic E-state index is 13.1. The van der Waals surface area contributed by atoms with Crippen LogP contribution in [0.2, 0.25) is 0 Å². The van der Waals surface area contributed by atoms with E-state index in [1.54, 1.807) is 43.5 Å². The number of anilines is 2. The molecule has 2 aromatic rings. The van der Waals surface area contributed by atoms with Gasteiger partial charge in [0.2, 0.25) is 0 Å². The highest BCUT2D eigenvalue weighted by Gasteiger charge is 2.38. The zero-order valence-corrected chi connectivity index (χ0v) is 18.7. The third-order valence-electron chi connectivity index (χ3n) is 5.35. The summed E-state index contributed by atoms with van der Waals surface area (Å²) in [5.74, 6) is -0.230. The van der Waals surface area contributed by atoms with Gasteiger partial charge >= 0.3 is 12.0 Å². The lowest BCUT2D eigenvalue weighted by Crippen LogP contribution is -2.60. The molecule has 0 bridgehead atoms. The van der Waals surface area contributed by atoms with Crippen LogP contribution in [0.15, 0.2) is 48.5 Å². The average molecular weight is 441 g/mol. The topological polar surface area (TPSA) is 91.4 Å². The van der Waals surface area contributed by atoms with Gasteiger partial charge in [0.15, 0.2) is 0 Å². The van der Waals surface area contributed by atoms with E-state index in [1.165, 1.54) is 16.9 Å². The Morgan fingerprint density at radius 2 is 1.75 bits per heavy atom. The normalized spacial score (nSPS) is 15.7. The van der Waals surface area contributed by atoms with Gasteiger partial charge in [-0.15, -0.1) is 0 Å². The Bertz CT molecular complexity index is 977. The second-order valence-corrected chi connectivity index (χ2v) is 7.59. The Morgan fingerprint density at radius 3 is 2.38 bits per heavy atom. The summed E-state index contributed by atoms with van der Waals surface area (Å²) in [4.78, 5) is 43.3. The van der Waals surface area contributed by atoms with Crippen LogP contribution in [0.4, 0.5) is 16.2 Å². The van der Waals surface area contributed by atoms with Gasteiger partial charge in [-0.05, 0) is 36.4 Å². The van der Waals surface area contributed by atoms with Crippen molar-refractivity contribution in [1.29, 1.82) is 0 Å². The zero-order valence-electron chi connectivity index (χ0n) is 18.7. The molecule has 32 heavy (non-hydrogen) atoms. The molecular formula is C23H28N4O5. The quantitative estimate of drug-likeness (QED) is 0.718. The highest BCUT2D eigenvalue weighted by molar-refractivity contribution is 5.98. The van der Waals surface area contributed by atoms with Gasteiger partial charge < -0.3 is 29.5 Å². The first-order valence-electron chi connectivity index (χ1n) is 10.2. The summed E-state index contributed by atoms with van der Waals surface area (Å²) in [6, 6.07) is 12.9. The Balaban J connectivity index is 1.73. The van der Waals surface area contributed by atoms with E-state index in [2.05, 4.69) is 5.32 Å². The van der Waals surface area contributed by atoms with Crippen LogP contribution in [0.25, 0.3) is 0 Å². The highest BCUT2D eigenvalue weighted by Crippen LogP contribution is 2.20. The number of carbonyl (C=O) groups excluding carboxylic acids is 3. The molecule has 2 aromatic carbocycles. The molecule has 0 saturated carbocycles. The number of nitrogens with one attached hydrogen (secondary N) is 1. The standard InChI is InChI=1S/C23H28N4O5/c1-25(2)18-10-8-16(9-11-18)21(28)27-13-12-26(15-20(27)22(29)32-4)23(30)24-17-6-5-7-19(14-17)31-3/h5-11,14,20H,12-13,15H2,1-4H3,(H,24,30). The summed E-state index contributed by atoms with van der Waals surface area (Å²) in [7, 11) is 6.65. The number of hydrogen-bond donors (Lipinski definition) is 1. The van der Waals surface area contributed by atoms with Crippen molar-refractivity contribution in [3.05, 3.63) is 54.1 Å². The molecule has 1 atom stereocenters. The highest BCUT2D eigenvalue weighted by atomic mass is 16.5. The molecule has 0 aliphatic carbocycles. The van der Waals surface area contributed by atoms with Crippen molar-refractivity contribution in [2.45, 2.75) is 6.04 Å². The van der Waals surface area contributed by atoms with E-state index >= 15 is 0 Å². The number of benzene rings is 2.